The van der Waals surface area contributed by atoms with Crippen LogP contribution in [0.4, 0.5) is 4.39 Å². The van der Waals surface area contributed by atoms with Crippen molar-refractivity contribution in [2.24, 2.45) is 30.7 Å². The number of likely N-dealkylation sites (tertiary alicyclic amines) is 1. The lowest BCUT2D eigenvalue weighted by atomic mass is 9.85. The molecule has 3 amide bonds. The van der Waals surface area contributed by atoms with E-state index >= 15 is 0 Å². The molecule has 1 aliphatic heterocycles. The van der Waals surface area contributed by atoms with Crippen LogP contribution in [0.3, 0.4) is 0 Å². The summed E-state index contributed by atoms with van der Waals surface area (Å²) in [5, 5.41) is 2.86. The van der Waals surface area contributed by atoms with Gasteiger partial charge in [0, 0.05) is 19.4 Å². The molecule has 1 aromatic heterocycles. The van der Waals surface area contributed by atoms with Gasteiger partial charge in [-0.25, -0.2) is 9.37 Å². The van der Waals surface area contributed by atoms with Crippen molar-refractivity contribution in [2.45, 2.75) is 12.5 Å². The summed E-state index contributed by atoms with van der Waals surface area (Å²) >= 11 is 0. The number of hydrogen-bond donors (Lipinski definition) is 1. The molecule has 1 saturated carbocycles. The van der Waals surface area contributed by atoms with E-state index in [1.165, 1.54) is 12.1 Å². The van der Waals surface area contributed by atoms with Crippen molar-refractivity contribution < 1.29 is 18.8 Å². The van der Waals surface area contributed by atoms with Crippen molar-refractivity contribution in [1.82, 2.24) is 19.8 Å². The number of fused-ring (bicyclic) bond motifs is 5. The van der Waals surface area contributed by atoms with Crippen LogP contribution in [-0.2, 0) is 21.4 Å². The zero-order valence-corrected chi connectivity index (χ0v) is 16.4. The average molecular weight is 408 g/mol. The number of imidazole rings is 1. The first-order valence-corrected chi connectivity index (χ1v) is 9.99. The minimum Gasteiger partial charge on any atom is -0.341 e. The van der Waals surface area contributed by atoms with Gasteiger partial charge in [-0.15, -0.1) is 0 Å². The quantitative estimate of drug-likeness (QED) is 0.601. The van der Waals surface area contributed by atoms with Gasteiger partial charge in [-0.3, -0.25) is 19.3 Å². The smallest absolute Gasteiger partial charge is 0.241 e. The van der Waals surface area contributed by atoms with Gasteiger partial charge < -0.3 is 9.88 Å². The van der Waals surface area contributed by atoms with Gasteiger partial charge in [0.1, 0.15) is 24.2 Å². The molecule has 0 radical (unpaired) electrons. The van der Waals surface area contributed by atoms with Crippen LogP contribution < -0.4 is 5.32 Å². The van der Waals surface area contributed by atoms with Crippen LogP contribution in [0, 0.1) is 29.5 Å². The second-order valence-corrected chi connectivity index (χ2v) is 8.21. The van der Waals surface area contributed by atoms with Crippen molar-refractivity contribution in [3.63, 3.8) is 0 Å². The molecular formula is C22H21FN4O3. The van der Waals surface area contributed by atoms with Crippen molar-refractivity contribution in [3.05, 3.63) is 66.0 Å². The highest BCUT2D eigenvalue weighted by Gasteiger charge is 2.59. The summed E-state index contributed by atoms with van der Waals surface area (Å²) in [6.07, 6.45) is 8.24. The van der Waals surface area contributed by atoms with Crippen LogP contribution in [0.1, 0.15) is 23.9 Å². The number of benzene rings is 1. The highest BCUT2D eigenvalue weighted by atomic mass is 19.1. The Labute approximate surface area is 172 Å². The number of rotatable bonds is 5. The molecule has 2 bridgehead atoms. The van der Waals surface area contributed by atoms with E-state index < -0.39 is 11.9 Å². The maximum Gasteiger partial charge on any atom is 0.241 e. The summed E-state index contributed by atoms with van der Waals surface area (Å²) in [5.41, 5.74) is 0.650. The molecule has 2 aliphatic carbocycles. The van der Waals surface area contributed by atoms with E-state index in [-0.39, 0.29) is 47.8 Å². The molecule has 2 heterocycles. The number of carbonyl (C=O) groups is 3. The summed E-state index contributed by atoms with van der Waals surface area (Å²) in [6.45, 7) is -0.327. The van der Waals surface area contributed by atoms with Crippen molar-refractivity contribution in [2.75, 3.05) is 6.54 Å². The Morgan fingerprint density at radius 3 is 2.37 bits per heavy atom. The summed E-state index contributed by atoms with van der Waals surface area (Å²) in [5.74, 6) is -1.26. The van der Waals surface area contributed by atoms with Gasteiger partial charge in [0.2, 0.25) is 17.7 Å². The first-order chi connectivity index (χ1) is 14.4. The monoisotopic (exact) mass is 408 g/mol. The van der Waals surface area contributed by atoms with Gasteiger partial charge >= 0.3 is 0 Å². The molecule has 2 fully saturated rings. The number of allylic oxidation sites excluding steroid dienone is 2. The summed E-state index contributed by atoms with van der Waals surface area (Å²) in [4.78, 5) is 43.9. The van der Waals surface area contributed by atoms with Crippen LogP contribution in [0.2, 0.25) is 0 Å². The molecule has 0 unspecified atom stereocenters. The van der Waals surface area contributed by atoms with E-state index in [1.807, 2.05) is 12.2 Å². The zero-order chi connectivity index (χ0) is 21.0. The maximum atomic E-state index is 13.4. The lowest BCUT2D eigenvalue weighted by Crippen LogP contribution is -2.43. The lowest BCUT2D eigenvalue weighted by molar-refractivity contribution is -0.144. The number of aromatic nitrogens is 2. The van der Waals surface area contributed by atoms with E-state index in [4.69, 9.17) is 0 Å². The third kappa shape index (κ3) is 2.86. The number of aryl methyl sites for hydroxylation is 1. The van der Waals surface area contributed by atoms with Gasteiger partial charge in [0.05, 0.1) is 11.8 Å². The van der Waals surface area contributed by atoms with Gasteiger partial charge in [0.25, 0.3) is 0 Å². The van der Waals surface area contributed by atoms with Crippen LogP contribution in [-0.4, -0.2) is 38.7 Å². The van der Waals surface area contributed by atoms with E-state index in [0.29, 0.717) is 11.4 Å². The fourth-order valence-corrected chi connectivity index (χ4v) is 5.08. The van der Waals surface area contributed by atoms with Crippen LogP contribution in [0.15, 0.2) is 48.8 Å². The molecule has 5 atom stereocenters. The Balaban J connectivity index is 1.35. The SMILES string of the molecule is Cn1ccnc1[C@H](NC(=O)CN1C(=O)[C@@H]2[C@H](C1=O)[C@H]1C=C[C@H]2C1)c1ccc(F)cc1. The highest BCUT2D eigenvalue weighted by molar-refractivity contribution is 6.08. The van der Waals surface area contributed by atoms with Crippen molar-refractivity contribution >= 4 is 17.7 Å². The van der Waals surface area contributed by atoms with Crippen LogP contribution in [0.5, 0.6) is 0 Å². The summed E-state index contributed by atoms with van der Waals surface area (Å²) < 4.78 is 15.1. The predicted octanol–water partition coefficient (Wildman–Crippen LogP) is 1.57. The molecule has 0 spiro atoms. The van der Waals surface area contributed by atoms with Gasteiger partial charge in [-0.2, -0.15) is 0 Å². The minimum absolute atomic E-state index is 0.101. The fraction of sp³-hybridized carbons (Fsp3) is 0.364. The topological polar surface area (TPSA) is 84.3 Å². The Morgan fingerprint density at radius 2 is 1.80 bits per heavy atom. The third-order valence-electron chi connectivity index (χ3n) is 6.49. The van der Waals surface area contributed by atoms with Crippen molar-refractivity contribution in [3.8, 4) is 0 Å². The number of amides is 3. The molecule has 3 aliphatic rings. The molecule has 1 saturated heterocycles. The first kappa shape index (κ1) is 18.7. The van der Waals surface area contributed by atoms with E-state index in [0.717, 1.165) is 11.3 Å². The number of nitrogens with zero attached hydrogens (tertiary/aromatic N) is 3. The number of imide groups is 1. The van der Waals surface area contributed by atoms with Crippen LogP contribution >= 0.6 is 0 Å². The summed E-state index contributed by atoms with van der Waals surface area (Å²) in [7, 11) is 1.79. The van der Waals surface area contributed by atoms with Gasteiger partial charge in [0.15, 0.2) is 0 Å². The normalized spacial score (nSPS) is 27.6. The zero-order valence-electron chi connectivity index (χ0n) is 16.4. The highest BCUT2D eigenvalue weighted by Crippen LogP contribution is 2.52. The fourth-order valence-electron chi connectivity index (χ4n) is 5.08. The Bertz CT molecular complexity index is 1030. The first-order valence-electron chi connectivity index (χ1n) is 9.99. The Kier molecular flexibility index (Phi) is 4.30. The molecular weight excluding hydrogens is 387 g/mol. The molecule has 1 aromatic carbocycles. The van der Waals surface area contributed by atoms with Gasteiger partial charge in [-0.1, -0.05) is 24.3 Å². The molecule has 8 heteroatoms. The molecule has 5 rings (SSSR count). The standard InChI is InChI=1S/C22H21FN4O3/c1-26-9-8-24-20(26)19(12-4-6-15(23)7-5-12)25-16(28)11-27-21(29)17-13-2-3-14(10-13)18(17)22(27)30/h2-9,13-14,17-19H,10-11H2,1H3,(H,25,28)/t13-,14-,17-,18+,19+/m0/s1. The second-order valence-electron chi connectivity index (χ2n) is 8.21. The third-order valence-corrected chi connectivity index (χ3v) is 6.49. The predicted molar refractivity (Wildman–Crippen MR) is 104 cm³/mol. The van der Waals surface area contributed by atoms with Crippen molar-refractivity contribution in [1.29, 1.82) is 0 Å². The maximum absolute atomic E-state index is 13.4. The average Bonchev–Trinajstić information content (AvgIpc) is 3.49. The largest absolute Gasteiger partial charge is 0.341 e. The van der Waals surface area contributed by atoms with E-state index in [9.17, 15) is 18.8 Å². The van der Waals surface area contributed by atoms with Crippen LogP contribution in [0.25, 0.3) is 0 Å². The molecule has 154 valence electrons. The minimum atomic E-state index is -0.636. The second kappa shape index (κ2) is 6.90. The van der Waals surface area contributed by atoms with Gasteiger partial charge in [-0.05, 0) is 36.0 Å². The van der Waals surface area contributed by atoms with E-state index in [1.54, 1.807) is 36.1 Å². The molecule has 1 N–H and O–H groups in total. The molecule has 2 aromatic rings. The Hall–Kier alpha value is -3.29. The summed E-state index contributed by atoms with van der Waals surface area (Å²) in [6, 6.07) is 5.15. The number of hydrogen-bond acceptors (Lipinski definition) is 4. The number of carbonyl (C=O) groups excluding carboxylic acids is 3. The molecule has 30 heavy (non-hydrogen) atoms. The Morgan fingerprint density at radius 1 is 1.17 bits per heavy atom. The molecule has 7 nitrogen and oxygen atoms in total. The number of nitrogens with one attached hydrogen (secondary N) is 1. The lowest BCUT2D eigenvalue weighted by Gasteiger charge is -2.22. The van der Waals surface area contributed by atoms with E-state index in [2.05, 4.69) is 10.3 Å². The number of halogens is 1.